The van der Waals surface area contributed by atoms with Crippen LogP contribution in [-0.4, -0.2) is 32.5 Å². The molecule has 186 valence electrons. The Labute approximate surface area is 206 Å². The maximum atomic E-state index is 14.9. The van der Waals surface area contributed by atoms with Gasteiger partial charge in [0.2, 0.25) is 0 Å². The van der Waals surface area contributed by atoms with E-state index in [1.165, 1.54) is 18.3 Å². The van der Waals surface area contributed by atoms with E-state index in [1.54, 1.807) is 17.5 Å². The number of aromatic nitrogens is 1. The molecule has 0 radical (unpaired) electrons. The molecular weight excluding hydrogens is 497 g/mol. The number of sulfonamides is 1. The van der Waals surface area contributed by atoms with Crippen molar-refractivity contribution in [3.63, 3.8) is 0 Å². The van der Waals surface area contributed by atoms with E-state index in [0.717, 1.165) is 47.9 Å². The predicted molar refractivity (Wildman–Crippen MR) is 132 cm³/mol. The summed E-state index contributed by atoms with van der Waals surface area (Å²) in [5.74, 6) is -2.42. The zero-order valence-electron chi connectivity index (χ0n) is 18.9. The molecule has 1 aliphatic carbocycles. The monoisotopic (exact) mass is 522 g/mol. The number of allylic oxidation sites excluding steroid dienone is 1. The topological polar surface area (TPSA) is 83.1 Å². The largest absolute Gasteiger partial charge is 0.382 e. The van der Waals surface area contributed by atoms with Gasteiger partial charge < -0.3 is 10.6 Å². The minimum absolute atomic E-state index is 0.0545. The third kappa shape index (κ3) is 5.85. The first-order valence-corrected chi connectivity index (χ1v) is 13.5. The van der Waals surface area contributed by atoms with Crippen molar-refractivity contribution >= 4 is 37.8 Å². The molecule has 0 bridgehead atoms. The van der Waals surface area contributed by atoms with Gasteiger partial charge in [0.15, 0.2) is 5.13 Å². The molecule has 0 fully saturated rings. The van der Waals surface area contributed by atoms with Crippen molar-refractivity contribution in [3.8, 4) is 0 Å². The molecule has 0 amide bonds. The highest BCUT2D eigenvalue weighted by atomic mass is 32.2. The van der Waals surface area contributed by atoms with Gasteiger partial charge in [-0.15, -0.1) is 11.3 Å². The van der Waals surface area contributed by atoms with Gasteiger partial charge in [-0.2, -0.15) is 0 Å². The van der Waals surface area contributed by atoms with E-state index in [-0.39, 0.29) is 35.1 Å². The number of hydrogen-bond acceptors (Lipinski definition) is 6. The second-order valence-corrected chi connectivity index (χ2v) is 10.6. The minimum Gasteiger partial charge on any atom is -0.382 e. The van der Waals surface area contributed by atoms with Gasteiger partial charge in [-0.25, -0.2) is 26.6 Å². The lowest BCUT2D eigenvalue weighted by atomic mass is 9.79. The van der Waals surface area contributed by atoms with Gasteiger partial charge in [-0.1, -0.05) is 25.1 Å². The Kier molecular flexibility index (Phi) is 7.78. The Morgan fingerprint density at radius 1 is 1.11 bits per heavy atom. The van der Waals surface area contributed by atoms with Gasteiger partial charge in [0.05, 0.1) is 5.69 Å². The molecule has 0 unspecified atom stereocenters. The van der Waals surface area contributed by atoms with Crippen molar-refractivity contribution in [2.75, 3.05) is 23.1 Å². The lowest BCUT2D eigenvalue weighted by Gasteiger charge is -2.34. The average Bonchev–Trinajstić information content (AvgIpc) is 3.33. The van der Waals surface area contributed by atoms with Crippen molar-refractivity contribution in [3.05, 3.63) is 77.1 Å². The van der Waals surface area contributed by atoms with Gasteiger partial charge in [0.25, 0.3) is 10.0 Å². The Morgan fingerprint density at radius 2 is 1.89 bits per heavy atom. The predicted octanol–water partition coefficient (Wildman–Crippen LogP) is 5.24. The Bertz CT molecular complexity index is 1300. The number of thiazole rings is 1. The highest BCUT2D eigenvalue weighted by molar-refractivity contribution is 7.93. The van der Waals surface area contributed by atoms with Crippen LogP contribution in [0.25, 0.3) is 5.57 Å². The number of nitrogens with one attached hydrogen (secondary N) is 3. The number of benzene rings is 2. The molecule has 4 rings (SSSR count). The number of hydrogen-bond donors (Lipinski definition) is 3. The molecule has 6 nitrogen and oxygen atoms in total. The van der Waals surface area contributed by atoms with Crippen molar-refractivity contribution in [1.82, 2.24) is 10.3 Å². The summed E-state index contributed by atoms with van der Waals surface area (Å²) in [5, 5.41) is 8.01. The fraction of sp³-hybridized carbons (Fsp3) is 0.292. The first-order chi connectivity index (χ1) is 16.8. The van der Waals surface area contributed by atoms with Crippen LogP contribution in [0.1, 0.15) is 25.3 Å². The summed E-state index contributed by atoms with van der Waals surface area (Å²) in [5.41, 5.74) is 1.71. The van der Waals surface area contributed by atoms with Crippen LogP contribution in [0.4, 0.5) is 24.0 Å². The molecule has 0 saturated carbocycles. The molecule has 1 aliphatic rings. The summed E-state index contributed by atoms with van der Waals surface area (Å²) >= 11 is 1.02. The number of nitrogens with zero attached hydrogens (tertiary/aromatic N) is 1. The van der Waals surface area contributed by atoms with Crippen LogP contribution in [0.15, 0.2) is 58.9 Å². The summed E-state index contributed by atoms with van der Waals surface area (Å²) in [6.07, 6.45) is 5.18. The number of rotatable bonds is 9. The molecule has 3 aromatic rings. The lowest BCUT2D eigenvalue weighted by molar-refractivity contribution is 0.402. The van der Waals surface area contributed by atoms with Crippen molar-refractivity contribution in [2.24, 2.45) is 5.92 Å². The first kappa shape index (κ1) is 25.2. The van der Waals surface area contributed by atoms with Crippen LogP contribution < -0.4 is 15.4 Å². The molecule has 0 saturated heterocycles. The molecule has 3 N–H and O–H groups in total. The molecule has 2 atom stereocenters. The van der Waals surface area contributed by atoms with E-state index in [0.29, 0.717) is 6.07 Å². The molecule has 2 aromatic carbocycles. The fourth-order valence-corrected chi connectivity index (χ4v) is 6.12. The molecule has 1 aromatic heterocycles. The number of halogens is 3. The highest BCUT2D eigenvalue weighted by Crippen LogP contribution is 2.34. The van der Waals surface area contributed by atoms with Crippen LogP contribution in [0.3, 0.4) is 0 Å². The Balaban J connectivity index is 1.56. The molecule has 11 heteroatoms. The van der Waals surface area contributed by atoms with E-state index < -0.39 is 26.6 Å². The Hall–Kier alpha value is -2.89. The average molecular weight is 523 g/mol. The zero-order chi connectivity index (χ0) is 25.0. The quantitative estimate of drug-likeness (QED) is 0.358. The van der Waals surface area contributed by atoms with Crippen molar-refractivity contribution in [2.45, 2.75) is 30.7 Å². The van der Waals surface area contributed by atoms with E-state index >= 15 is 0 Å². The second-order valence-electron chi connectivity index (χ2n) is 8.10. The van der Waals surface area contributed by atoms with Gasteiger partial charge in [0, 0.05) is 36.1 Å². The summed E-state index contributed by atoms with van der Waals surface area (Å²) in [6.45, 7) is 2.99. The van der Waals surface area contributed by atoms with Gasteiger partial charge in [-0.3, -0.25) is 4.72 Å². The summed E-state index contributed by atoms with van der Waals surface area (Å²) in [4.78, 5) is 3.00. The molecule has 0 aliphatic heterocycles. The fourth-order valence-electron chi connectivity index (χ4n) is 4.25. The highest BCUT2D eigenvalue weighted by Gasteiger charge is 2.29. The van der Waals surface area contributed by atoms with Crippen LogP contribution in [0, 0.1) is 23.4 Å². The van der Waals surface area contributed by atoms with Crippen molar-refractivity contribution < 1.29 is 21.6 Å². The molecular formula is C24H25F3N4O2S2. The molecule has 1 heterocycles. The lowest BCUT2D eigenvalue weighted by Crippen LogP contribution is -2.41. The maximum Gasteiger partial charge on any atom is 0.266 e. The Morgan fingerprint density at radius 3 is 2.57 bits per heavy atom. The first-order valence-electron chi connectivity index (χ1n) is 11.1. The normalized spacial score (nSPS) is 18.2. The van der Waals surface area contributed by atoms with Crippen LogP contribution in [-0.2, 0) is 10.0 Å². The molecule has 0 spiro atoms. The van der Waals surface area contributed by atoms with Gasteiger partial charge >= 0.3 is 0 Å². The van der Waals surface area contributed by atoms with E-state index in [1.807, 2.05) is 6.92 Å². The van der Waals surface area contributed by atoms with E-state index in [2.05, 4.69) is 26.4 Å². The SMILES string of the molecule is CCN[C@@H]1CCC=C(c2ccc(F)cc2)[C@H]1CNc1cc(F)c(S(=O)(=O)Nc2nccs2)cc1F. The summed E-state index contributed by atoms with van der Waals surface area (Å²) in [7, 11) is -4.35. The smallest absolute Gasteiger partial charge is 0.266 e. The third-order valence-corrected chi connectivity index (χ3v) is 8.02. The second kappa shape index (κ2) is 10.8. The third-order valence-electron chi connectivity index (χ3n) is 5.85. The van der Waals surface area contributed by atoms with Gasteiger partial charge in [-0.05, 0) is 48.7 Å². The summed E-state index contributed by atoms with van der Waals surface area (Å²) < 4.78 is 70.3. The minimum atomic E-state index is -4.35. The van der Waals surface area contributed by atoms with Crippen LogP contribution in [0.2, 0.25) is 0 Å². The standard InChI is InChI=1S/C24H25F3N4O2S2/c1-2-28-21-5-3-4-17(15-6-8-16(25)9-7-15)18(21)14-30-22-12-20(27)23(13-19(22)26)35(32,33)31-24-29-10-11-34-24/h4,6-13,18,21,28,30H,2-3,5,14H2,1H3,(H,29,31)/t18-,21-/m1/s1. The van der Waals surface area contributed by atoms with Gasteiger partial charge in [0.1, 0.15) is 22.3 Å². The van der Waals surface area contributed by atoms with Crippen molar-refractivity contribution in [1.29, 1.82) is 0 Å². The summed E-state index contributed by atoms with van der Waals surface area (Å²) in [6, 6.07) is 7.78. The van der Waals surface area contributed by atoms with Crippen LogP contribution >= 0.6 is 11.3 Å². The van der Waals surface area contributed by atoms with E-state index in [4.69, 9.17) is 0 Å². The van der Waals surface area contributed by atoms with Crippen LogP contribution in [0.5, 0.6) is 0 Å². The zero-order valence-corrected chi connectivity index (χ0v) is 20.5. The maximum absolute atomic E-state index is 14.9. The molecule has 35 heavy (non-hydrogen) atoms. The number of anilines is 2. The van der Waals surface area contributed by atoms with E-state index in [9.17, 15) is 21.6 Å².